The fraction of sp³-hybridized carbons (Fsp3) is 0.333. The van der Waals surface area contributed by atoms with E-state index in [0.29, 0.717) is 32.7 Å². The highest BCUT2D eigenvalue weighted by molar-refractivity contribution is 7.19. The lowest BCUT2D eigenvalue weighted by atomic mass is 10.0. The number of carbonyl (C=O) groups is 2. The lowest BCUT2D eigenvalue weighted by Gasteiger charge is -2.31. The maximum atomic E-state index is 13.1. The molecule has 2 N–H and O–H groups in total. The molecular weight excluding hydrogens is 410 g/mol. The van der Waals surface area contributed by atoms with Gasteiger partial charge in [0.1, 0.15) is 6.04 Å². The number of amides is 3. The zero-order valence-electron chi connectivity index (χ0n) is 17.5. The maximum Gasteiger partial charge on any atom is 0.315 e. The molecule has 1 fully saturated rings. The van der Waals surface area contributed by atoms with Crippen molar-refractivity contribution in [3.05, 3.63) is 71.1 Å². The summed E-state index contributed by atoms with van der Waals surface area (Å²) in [6.45, 7) is 4.11. The average Bonchev–Trinajstić information content (AvgIpc) is 3.24. The van der Waals surface area contributed by atoms with Gasteiger partial charge in [0, 0.05) is 29.1 Å². The minimum Gasteiger partial charge on any atom is -0.378 e. The number of nitrogens with zero attached hydrogens (tertiary/aromatic N) is 1. The third-order valence-electron chi connectivity index (χ3n) is 5.43. The van der Waals surface area contributed by atoms with Crippen molar-refractivity contribution in [2.45, 2.75) is 25.4 Å². The van der Waals surface area contributed by atoms with Gasteiger partial charge >= 0.3 is 6.03 Å². The van der Waals surface area contributed by atoms with Crippen LogP contribution in [0, 0.1) is 0 Å². The molecule has 2 heterocycles. The van der Waals surface area contributed by atoms with E-state index in [1.54, 1.807) is 16.2 Å². The minimum absolute atomic E-state index is 0.0724. The summed E-state index contributed by atoms with van der Waals surface area (Å²) in [6, 6.07) is 18.9. The first kappa shape index (κ1) is 21.3. The second kappa shape index (κ2) is 9.94. The summed E-state index contributed by atoms with van der Waals surface area (Å²) in [4.78, 5) is 28.8. The van der Waals surface area contributed by atoms with Gasteiger partial charge in [0.25, 0.3) is 0 Å². The zero-order valence-corrected chi connectivity index (χ0v) is 18.4. The Kier molecular flexibility index (Phi) is 6.84. The molecule has 0 radical (unpaired) electrons. The molecule has 0 saturated carbocycles. The van der Waals surface area contributed by atoms with Crippen LogP contribution < -0.4 is 10.6 Å². The lowest BCUT2D eigenvalue weighted by molar-refractivity contribution is -0.137. The number of benzene rings is 2. The van der Waals surface area contributed by atoms with Crippen molar-refractivity contribution < 1.29 is 14.3 Å². The molecule has 0 bridgehead atoms. The van der Waals surface area contributed by atoms with Crippen LogP contribution in [0.15, 0.2) is 60.7 Å². The van der Waals surface area contributed by atoms with Gasteiger partial charge in [0.2, 0.25) is 5.91 Å². The third kappa shape index (κ3) is 5.42. The molecule has 2 atom stereocenters. The molecule has 4 rings (SSSR count). The largest absolute Gasteiger partial charge is 0.378 e. The Labute approximate surface area is 186 Å². The van der Waals surface area contributed by atoms with Crippen molar-refractivity contribution in [2.24, 2.45) is 0 Å². The van der Waals surface area contributed by atoms with Crippen LogP contribution in [0.5, 0.6) is 0 Å². The first-order chi connectivity index (χ1) is 15.1. The van der Waals surface area contributed by atoms with Crippen LogP contribution in [0.2, 0.25) is 0 Å². The highest BCUT2D eigenvalue weighted by Crippen LogP contribution is 2.29. The molecule has 6 nitrogen and oxygen atoms in total. The number of ether oxygens (including phenoxy) is 1. The van der Waals surface area contributed by atoms with Crippen molar-refractivity contribution in [1.82, 2.24) is 15.5 Å². The SMILES string of the molecule is CC(NC(=O)NC(Cc1ccccc1)C(=O)N1CCOCC1)c1cc2ccccc2s1. The highest BCUT2D eigenvalue weighted by atomic mass is 32.1. The minimum atomic E-state index is -0.630. The fourth-order valence-corrected chi connectivity index (χ4v) is 4.80. The van der Waals surface area contributed by atoms with Crippen LogP contribution in [-0.2, 0) is 16.0 Å². The smallest absolute Gasteiger partial charge is 0.315 e. The number of hydrogen-bond acceptors (Lipinski definition) is 4. The number of thiophene rings is 1. The van der Waals surface area contributed by atoms with Gasteiger partial charge in [-0.15, -0.1) is 11.3 Å². The first-order valence-electron chi connectivity index (χ1n) is 10.6. The summed E-state index contributed by atoms with van der Waals surface area (Å²) in [5.41, 5.74) is 1.01. The zero-order chi connectivity index (χ0) is 21.6. The predicted molar refractivity (Wildman–Crippen MR) is 123 cm³/mol. The molecule has 3 amide bonds. The molecule has 31 heavy (non-hydrogen) atoms. The van der Waals surface area contributed by atoms with Gasteiger partial charge in [0.15, 0.2) is 0 Å². The number of carbonyl (C=O) groups excluding carboxylic acids is 2. The van der Waals surface area contributed by atoms with Crippen molar-refractivity contribution >= 4 is 33.4 Å². The molecule has 7 heteroatoms. The first-order valence-corrected chi connectivity index (χ1v) is 11.4. The Hall–Kier alpha value is -2.90. The summed E-state index contributed by atoms with van der Waals surface area (Å²) in [5.74, 6) is -0.0724. The van der Waals surface area contributed by atoms with E-state index in [1.807, 2.05) is 49.4 Å². The van der Waals surface area contributed by atoms with Gasteiger partial charge < -0.3 is 20.3 Å². The van der Waals surface area contributed by atoms with Crippen LogP contribution in [-0.4, -0.2) is 49.2 Å². The quantitative estimate of drug-likeness (QED) is 0.617. The topological polar surface area (TPSA) is 70.7 Å². The Morgan fingerprint density at radius 1 is 1.03 bits per heavy atom. The predicted octanol–water partition coefficient (Wildman–Crippen LogP) is 3.73. The Morgan fingerprint density at radius 2 is 1.74 bits per heavy atom. The van der Waals surface area contributed by atoms with E-state index in [1.165, 1.54) is 10.1 Å². The van der Waals surface area contributed by atoms with Crippen molar-refractivity contribution in [3.8, 4) is 0 Å². The summed E-state index contributed by atoms with van der Waals surface area (Å²) >= 11 is 1.67. The van der Waals surface area contributed by atoms with Crippen LogP contribution >= 0.6 is 11.3 Å². The molecule has 0 aliphatic carbocycles. The molecular formula is C24H27N3O3S. The molecule has 1 saturated heterocycles. The van der Waals surface area contributed by atoms with E-state index >= 15 is 0 Å². The number of urea groups is 1. The van der Waals surface area contributed by atoms with E-state index in [9.17, 15) is 9.59 Å². The third-order valence-corrected chi connectivity index (χ3v) is 6.73. The summed E-state index contributed by atoms with van der Waals surface area (Å²) in [6.07, 6.45) is 0.446. The molecule has 1 aliphatic rings. The number of hydrogen-bond donors (Lipinski definition) is 2. The van der Waals surface area contributed by atoms with Gasteiger partial charge in [-0.1, -0.05) is 48.5 Å². The van der Waals surface area contributed by atoms with E-state index < -0.39 is 6.04 Å². The highest BCUT2D eigenvalue weighted by Gasteiger charge is 2.28. The van der Waals surface area contributed by atoms with Gasteiger partial charge in [-0.2, -0.15) is 0 Å². The Balaban J connectivity index is 1.44. The molecule has 1 aromatic heterocycles. The standard InChI is InChI=1S/C24H27N3O3S/c1-17(22-16-19-9-5-6-10-21(19)31-22)25-24(29)26-20(15-18-7-3-2-4-8-18)23(28)27-11-13-30-14-12-27/h2-10,16-17,20H,11-15H2,1H3,(H2,25,26,29). The normalized spacial score (nSPS) is 16.0. The number of rotatable bonds is 6. The molecule has 3 aromatic rings. The Bertz CT molecular complexity index is 998. The molecule has 2 aromatic carbocycles. The number of morpholine rings is 1. The summed E-state index contributed by atoms with van der Waals surface area (Å²) in [7, 11) is 0. The number of fused-ring (bicyclic) bond motifs is 1. The second-order valence-electron chi connectivity index (χ2n) is 7.71. The molecule has 0 spiro atoms. The van der Waals surface area contributed by atoms with E-state index in [4.69, 9.17) is 4.74 Å². The lowest BCUT2D eigenvalue weighted by Crippen LogP contribution is -2.54. The van der Waals surface area contributed by atoms with Crippen molar-refractivity contribution in [2.75, 3.05) is 26.3 Å². The second-order valence-corrected chi connectivity index (χ2v) is 8.82. The monoisotopic (exact) mass is 437 g/mol. The van der Waals surface area contributed by atoms with Gasteiger partial charge in [-0.3, -0.25) is 4.79 Å². The van der Waals surface area contributed by atoms with Crippen LogP contribution in [0.4, 0.5) is 4.79 Å². The van der Waals surface area contributed by atoms with E-state index in [0.717, 1.165) is 10.4 Å². The molecule has 162 valence electrons. The van der Waals surface area contributed by atoms with Gasteiger partial charge in [-0.05, 0) is 30.0 Å². The summed E-state index contributed by atoms with van der Waals surface area (Å²) < 4.78 is 6.55. The van der Waals surface area contributed by atoms with Crippen LogP contribution in [0.25, 0.3) is 10.1 Å². The van der Waals surface area contributed by atoms with Crippen LogP contribution in [0.1, 0.15) is 23.4 Å². The fourth-order valence-electron chi connectivity index (χ4n) is 3.74. The van der Waals surface area contributed by atoms with Gasteiger partial charge in [-0.25, -0.2) is 4.79 Å². The van der Waals surface area contributed by atoms with E-state index in [2.05, 4.69) is 28.8 Å². The molecule has 1 aliphatic heterocycles. The van der Waals surface area contributed by atoms with Crippen molar-refractivity contribution in [3.63, 3.8) is 0 Å². The Morgan fingerprint density at radius 3 is 2.48 bits per heavy atom. The average molecular weight is 438 g/mol. The maximum absolute atomic E-state index is 13.1. The summed E-state index contributed by atoms with van der Waals surface area (Å²) in [5, 5.41) is 7.08. The van der Waals surface area contributed by atoms with Gasteiger partial charge in [0.05, 0.1) is 19.3 Å². The van der Waals surface area contributed by atoms with Crippen LogP contribution in [0.3, 0.4) is 0 Å². The van der Waals surface area contributed by atoms with Crippen molar-refractivity contribution in [1.29, 1.82) is 0 Å². The molecule has 2 unspecified atom stereocenters. The number of nitrogens with one attached hydrogen (secondary N) is 2. The van der Waals surface area contributed by atoms with E-state index in [-0.39, 0.29) is 18.0 Å².